The molecule has 0 saturated carbocycles. The van der Waals surface area contributed by atoms with Gasteiger partial charge in [-0.1, -0.05) is 113 Å². The van der Waals surface area contributed by atoms with E-state index in [2.05, 4.69) is 11.6 Å². The van der Waals surface area contributed by atoms with E-state index >= 15 is 0 Å². The third kappa shape index (κ3) is 12.1. The number of hydrogen-bond acceptors (Lipinski definition) is 7. The van der Waals surface area contributed by atoms with Crippen LogP contribution in [0.4, 0.5) is 0 Å². The molecule has 0 fully saturated rings. The van der Waals surface area contributed by atoms with Crippen molar-refractivity contribution in [2.75, 3.05) is 23.5 Å². The maximum atomic E-state index is 13.6. The van der Waals surface area contributed by atoms with Gasteiger partial charge in [0, 0.05) is 24.0 Å². The summed E-state index contributed by atoms with van der Waals surface area (Å²) in [6.07, 6.45) is 4.03. The van der Waals surface area contributed by atoms with Gasteiger partial charge in [-0.25, -0.2) is 4.79 Å². The van der Waals surface area contributed by atoms with Crippen molar-refractivity contribution < 1.29 is 14.3 Å². The predicted octanol–water partition coefficient (Wildman–Crippen LogP) is 5.78. The van der Waals surface area contributed by atoms with Crippen molar-refractivity contribution in [3.05, 3.63) is 108 Å². The zero-order valence-corrected chi connectivity index (χ0v) is 24.8. The second-order valence-electron chi connectivity index (χ2n) is 9.34. The molecule has 0 heterocycles. The number of amides is 1. The molecule has 0 unspecified atom stereocenters. The molecule has 3 aromatic rings. The van der Waals surface area contributed by atoms with Gasteiger partial charge in [-0.05, 0) is 41.5 Å². The molecule has 3 N–H and O–H groups in total. The second-order valence-corrected chi connectivity index (χ2v) is 12.9. The van der Waals surface area contributed by atoms with Gasteiger partial charge in [-0.15, -0.1) is 0 Å². The van der Waals surface area contributed by atoms with Gasteiger partial charge < -0.3 is 15.8 Å². The van der Waals surface area contributed by atoms with Crippen molar-refractivity contribution in [2.24, 2.45) is 11.7 Å². The van der Waals surface area contributed by atoms with E-state index in [0.29, 0.717) is 18.6 Å². The monoisotopic (exact) mass is 582 g/mol. The first-order chi connectivity index (χ1) is 19.0. The van der Waals surface area contributed by atoms with Crippen LogP contribution in [0, 0.1) is 5.92 Å². The fraction of sp³-hybridized carbons (Fsp3) is 0.355. The molecule has 0 saturated heterocycles. The highest BCUT2D eigenvalue weighted by Gasteiger charge is 2.27. The molecular formula is C31H38N2O3S3. The van der Waals surface area contributed by atoms with Crippen LogP contribution in [0.5, 0.6) is 0 Å². The van der Waals surface area contributed by atoms with Gasteiger partial charge in [0.25, 0.3) is 0 Å². The Hall–Kier alpha value is -2.39. The maximum Gasteiger partial charge on any atom is 0.329 e. The van der Waals surface area contributed by atoms with Crippen LogP contribution in [-0.2, 0) is 33.8 Å². The molecule has 0 spiro atoms. The van der Waals surface area contributed by atoms with E-state index in [1.165, 1.54) is 0 Å². The highest BCUT2D eigenvalue weighted by atomic mass is 33.1. The average Bonchev–Trinajstić information content (AvgIpc) is 2.97. The largest absolute Gasteiger partial charge is 0.459 e. The van der Waals surface area contributed by atoms with Crippen LogP contribution in [0.25, 0.3) is 0 Å². The number of hydrogen-bond donors (Lipinski definition) is 2. The van der Waals surface area contributed by atoms with Gasteiger partial charge in [0.2, 0.25) is 5.91 Å². The molecule has 3 atom stereocenters. The number of rotatable bonds is 17. The topological polar surface area (TPSA) is 81.4 Å². The average molecular weight is 583 g/mol. The Kier molecular flexibility index (Phi) is 14.4. The maximum absolute atomic E-state index is 13.6. The summed E-state index contributed by atoms with van der Waals surface area (Å²) in [6.45, 7) is 0.164. The minimum absolute atomic E-state index is 0.142. The zero-order chi connectivity index (χ0) is 27.7. The lowest BCUT2D eigenvalue weighted by Crippen LogP contribution is -2.46. The molecule has 0 radical (unpaired) electrons. The van der Waals surface area contributed by atoms with Crippen LogP contribution in [0.15, 0.2) is 91.0 Å². The molecule has 0 aliphatic rings. The van der Waals surface area contributed by atoms with Crippen LogP contribution in [0.2, 0.25) is 0 Å². The molecule has 39 heavy (non-hydrogen) atoms. The summed E-state index contributed by atoms with van der Waals surface area (Å²) in [5, 5.41) is 3.04. The van der Waals surface area contributed by atoms with Gasteiger partial charge in [-0.2, -0.15) is 11.8 Å². The summed E-state index contributed by atoms with van der Waals surface area (Å²) in [5.74, 6) is 1.64. The Morgan fingerprint density at radius 1 is 0.795 bits per heavy atom. The minimum atomic E-state index is -0.778. The number of esters is 1. The SMILES string of the molecule is CSCC[C@H](N)CSSC[C@@H](Cc1ccccc1)C(=O)N[C@@H](Cc1ccccc1)C(=O)OCc1ccccc1. The number of carbonyl (C=O) groups is 2. The molecule has 3 rings (SSSR count). The zero-order valence-electron chi connectivity index (χ0n) is 22.4. The third-order valence-electron chi connectivity index (χ3n) is 6.13. The minimum Gasteiger partial charge on any atom is -0.459 e. The Morgan fingerprint density at radius 3 is 1.92 bits per heavy atom. The van der Waals surface area contributed by atoms with Crippen molar-refractivity contribution in [1.82, 2.24) is 5.32 Å². The molecule has 0 aromatic heterocycles. The van der Waals surface area contributed by atoms with Gasteiger partial charge >= 0.3 is 5.97 Å². The smallest absolute Gasteiger partial charge is 0.329 e. The van der Waals surface area contributed by atoms with E-state index in [4.69, 9.17) is 10.5 Å². The molecule has 0 bridgehead atoms. The van der Waals surface area contributed by atoms with Crippen LogP contribution in [0.1, 0.15) is 23.1 Å². The molecule has 0 aliphatic heterocycles. The van der Waals surface area contributed by atoms with Crippen LogP contribution < -0.4 is 11.1 Å². The predicted molar refractivity (Wildman–Crippen MR) is 168 cm³/mol. The van der Waals surface area contributed by atoms with Gasteiger partial charge in [0.05, 0.1) is 5.92 Å². The first-order valence-corrected chi connectivity index (χ1v) is 17.0. The molecule has 8 heteroatoms. The summed E-state index contributed by atoms with van der Waals surface area (Å²) in [4.78, 5) is 26.8. The molecule has 3 aromatic carbocycles. The molecule has 5 nitrogen and oxygen atoms in total. The van der Waals surface area contributed by atoms with Crippen molar-refractivity contribution in [3.8, 4) is 0 Å². The van der Waals surface area contributed by atoms with Gasteiger partial charge in [-0.3, -0.25) is 4.79 Å². The number of nitrogens with one attached hydrogen (secondary N) is 1. The van der Waals surface area contributed by atoms with E-state index in [-0.39, 0.29) is 24.5 Å². The van der Waals surface area contributed by atoms with Crippen molar-refractivity contribution >= 4 is 45.2 Å². The molecule has 1 amide bonds. The molecule has 208 valence electrons. The summed E-state index contributed by atoms with van der Waals surface area (Å²) in [5.41, 5.74) is 9.18. The van der Waals surface area contributed by atoms with E-state index < -0.39 is 12.0 Å². The van der Waals surface area contributed by atoms with E-state index in [9.17, 15) is 9.59 Å². The first kappa shape index (κ1) is 31.1. The summed E-state index contributed by atoms with van der Waals surface area (Å²) in [6, 6.07) is 28.6. The number of nitrogens with two attached hydrogens (primary N) is 1. The van der Waals surface area contributed by atoms with E-state index in [1.807, 2.05) is 91.0 Å². The molecular weight excluding hydrogens is 545 g/mol. The highest BCUT2D eigenvalue weighted by Crippen LogP contribution is 2.27. The fourth-order valence-corrected chi connectivity index (χ4v) is 7.01. The third-order valence-corrected chi connectivity index (χ3v) is 9.36. The van der Waals surface area contributed by atoms with Gasteiger partial charge in [0.1, 0.15) is 12.6 Å². The normalized spacial score (nSPS) is 13.3. The quantitative estimate of drug-likeness (QED) is 0.119. The lowest BCUT2D eigenvalue weighted by atomic mass is 9.99. The summed E-state index contributed by atoms with van der Waals surface area (Å²) in [7, 11) is 3.38. The lowest BCUT2D eigenvalue weighted by molar-refractivity contribution is -0.149. The molecule has 0 aliphatic carbocycles. The number of ether oxygens (including phenoxy) is 1. The summed E-state index contributed by atoms with van der Waals surface area (Å²) >= 11 is 1.80. The summed E-state index contributed by atoms with van der Waals surface area (Å²) < 4.78 is 5.64. The lowest BCUT2D eigenvalue weighted by Gasteiger charge is -2.22. The van der Waals surface area contributed by atoms with Crippen LogP contribution in [-0.4, -0.2) is 47.5 Å². The standard InChI is InChI=1S/C31H38N2O3S3/c1-37-18-17-28(32)23-39-38-22-27(19-24-11-5-2-6-12-24)30(34)33-29(20-25-13-7-3-8-14-25)31(35)36-21-26-15-9-4-10-16-26/h2-16,27-29H,17-23,32H2,1H3,(H,33,34)/t27-,28+,29+/m1/s1. The number of benzene rings is 3. The van der Waals surface area contributed by atoms with Crippen molar-refractivity contribution in [1.29, 1.82) is 0 Å². The Balaban J connectivity index is 1.66. The Labute approximate surface area is 244 Å². The van der Waals surface area contributed by atoms with E-state index in [1.54, 1.807) is 33.3 Å². The number of carbonyl (C=O) groups excluding carboxylic acids is 2. The highest BCUT2D eigenvalue weighted by molar-refractivity contribution is 8.76. The van der Waals surface area contributed by atoms with Crippen molar-refractivity contribution in [3.63, 3.8) is 0 Å². The second kappa shape index (κ2) is 18.1. The van der Waals surface area contributed by atoms with E-state index in [0.717, 1.165) is 34.6 Å². The fourth-order valence-electron chi connectivity index (χ4n) is 3.91. The van der Waals surface area contributed by atoms with Crippen LogP contribution >= 0.6 is 33.3 Å². The Bertz CT molecular complexity index is 1100. The Morgan fingerprint density at radius 2 is 1.33 bits per heavy atom. The van der Waals surface area contributed by atoms with Gasteiger partial charge in [0.15, 0.2) is 0 Å². The van der Waals surface area contributed by atoms with Crippen molar-refractivity contribution in [2.45, 2.75) is 38.0 Å². The first-order valence-electron chi connectivity index (χ1n) is 13.1. The van der Waals surface area contributed by atoms with Crippen LogP contribution in [0.3, 0.4) is 0 Å². The number of thioether (sulfide) groups is 1.